The SMILES string of the molecule is NCCOCCOCCOCCOCCNC(=O)C1CCC2c3c(cccc31)C(=O)N2C1CCC(=O)NC1=O. The minimum absolute atomic E-state index is 0.110. The number of carbonyl (C=O) groups excluding carboxylic acids is 4. The fourth-order valence-corrected chi connectivity index (χ4v) is 5.42. The Morgan fingerprint density at radius 1 is 0.897 bits per heavy atom. The smallest absolute Gasteiger partial charge is 0.255 e. The molecule has 1 aromatic carbocycles. The van der Waals surface area contributed by atoms with Crippen LogP contribution in [0.15, 0.2) is 18.2 Å². The monoisotopic (exact) mass is 546 g/mol. The predicted octanol–water partition coefficient (Wildman–Crippen LogP) is 0.00740. The zero-order valence-electron chi connectivity index (χ0n) is 22.2. The Morgan fingerprint density at radius 3 is 2.23 bits per heavy atom. The number of nitrogens with two attached hydrogens (primary N) is 1. The number of amides is 4. The van der Waals surface area contributed by atoms with Gasteiger partial charge in [-0.3, -0.25) is 24.5 Å². The van der Waals surface area contributed by atoms with Gasteiger partial charge in [0.25, 0.3) is 5.91 Å². The van der Waals surface area contributed by atoms with Gasteiger partial charge in [0, 0.05) is 25.1 Å². The number of nitrogens with zero attached hydrogens (tertiary/aromatic N) is 1. The molecule has 12 heteroatoms. The first kappa shape index (κ1) is 29.1. The summed E-state index contributed by atoms with van der Waals surface area (Å²) in [4.78, 5) is 52.1. The number of nitrogens with one attached hydrogen (secondary N) is 2. The van der Waals surface area contributed by atoms with Gasteiger partial charge in [-0.2, -0.15) is 0 Å². The molecule has 1 aromatic rings. The molecule has 0 aromatic heterocycles. The van der Waals surface area contributed by atoms with Gasteiger partial charge in [0.2, 0.25) is 17.7 Å². The summed E-state index contributed by atoms with van der Waals surface area (Å²) in [5.74, 6) is -1.46. The number of hydrogen-bond acceptors (Lipinski definition) is 9. The first-order valence-electron chi connectivity index (χ1n) is 13.6. The lowest BCUT2D eigenvalue weighted by atomic mass is 9.78. The molecule has 214 valence electrons. The fraction of sp³-hybridized carbons (Fsp3) is 0.630. The molecule has 3 unspecified atom stereocenters. The van der Waals surface area contributed by atoms with Gasteiger partial charge >= 0.3 is 0 Å². The van der Waals surface area contributed by atoms with Crippen LogP contribution in [0.4, 0.5) is 0 Å². The third-order valence-corrected chi connectivity index (χ3v) is 7.16. The summed E-state index contributed by atoms with van der Waals surface area (Å²) < 4.78 is 21.6. The minimum Gasteiger partial charge on any atom is -0.378 e. The lowest BCUT2D eigenvalue weighted by molar-refractivity contribution is -0.137. The zero-order chi connectivity index (χ0) is 27.6. The molecule has 4 amide bonds. The Hall–Kier alpha value is -2.90. The van der Waals surface area contributed by atoms with Crippen molar-refractivity contribution < 1.29 is 38.1 Å². The first-order valence-corrected chi connectivity index (χ1v) is 13.6. The van der Waals surface area contributed by atoms with E-state index in [1.807, 2.05) is 6.07 Å². The molecule has 4 rings (SSSR count). The van der Waals surface area contributed by atoms with Gasteiger partial charge in [-0.15, -0.1) is 0 Å². The second kappa shape index (κ2) is 14.5. The first-order chi connectivity index (χ1) is 19.0. The molecule has 1 saturated heterocycles. The Morgan fingerprint density at radius 2 is 1.56 bits per heavy atom. The van der Waals surface area contributed by atoms with Gasteiger partial charge in [-0.05, 0) is 36.5 Å². The van der Waals surface area contributed by atoms with Gasteiger partial charge in [-0.1, -0.05) is 12.1 Å². The zero-order valence-corrected chi connectivity index (χ0v) is 22.2. The van der Waals surface area contributed by atoms with E-state index < -0.39 is 11.9 Å². The average molecular weight is 547 g/mol. The molecule has 0 bridgehead atoms. The number of piperidine rings is 1. The van der Waals surface area contributed by atoms with Crippen LogP contribution in [-0.2, 0) is 33.3 Å². The lowest BCUT2D eigenvalue weighted by Gasteiger charge is -2.37. The molecule has 0 saturated carbocycles. The van der Waals surface area contributed by atoms with Crippen molar-refractivity contribution >= 4 is 23.6 Å². The van der Waals surface area contributed by atoms with E-state index in [-0.39, 0.29) is 36.1 Å². The molecule has 1 aliphatic carbocycles. The van der Waals surface area contributed by atoms with E-state index in [1.165, 1.54) is 0 Å². The number of ether oxygens (including phenoxy) is 4. The van der Waals surface area contributed by atoms with Crippen LogP contribution in [0.3, 0.4) is 0 Å². The summed E-state index contributed by atoms with van der Waals surface area (Å²) in [6.45, 7) is 4.53. The Kier molecular flexibility index (Phi) is 10.8. The van der Waals surface area contributed by atoms with Gasteiger partial charge in [0.1, 0.15) is 6.04 Å². The highest BCUT2D eigenvalue weighted by atomic mass is 16.6. The van der Waals surface area contributed by atoms with Crippen LogP contribution in [0.5, 0.6) is 0 Å². The van der Waals surface area contributed by atoms with Crippen LogP contribution in [-0.4, -0.2) is 101 Å². The molecule has 2 aliphatic heterocycles. The van der Waals surface area contributed by atoms with Crippen LogP contribution >= 0.6 is 0 Å². The second-order valence-electron chi connectivity index (χ2n) is 9.66. The van der Waals surface area contributed by atoms with E-state index in [2.05, 4.69) is 10.6 Å². The molecule has 4 N–H and O–H groups in total. The molecule has 12 nitrogen and oxygen atoms in total. The van der Waals surface area contributed by atoms with Gasteiger partial charge in [-0.25, -0.2) is 0 Å². The van der Waals surface area contributed by atoms with Crippen molar-refractivity contribution in [1.82, 2.24) is 15.5 Å². The summed E-state index contributed by atoms with van der Waals surface area (Å²) in [5.41, 5.74) is 7.53. The highest BCUT2D eigenvalue weighted by molar-refractivity contribution is 6.06. The number of benzene rings is 1. The van der Waals surface area contributed by atoms with Crippen molar-refractivity contribution in [2.24, 2.45) is 5.73 Å². The summed E-state index contributed by atoms with van der Waals surface area (Å²) in [6.07, 6.45) is 1.64. The van der Waals surface area contributed by atoms with Crippen molar-refractivity contribution in [2.45, 2.75) is 43.7 Å². The highest BCUT2D eigenvalue weighted by Gasteiger charge is 2.48. The van der Waals surface area contributed by atoms with Crippen LogP contribution in [0.25, 0.3) is 0 Å². The molecule has 2 heterocycles. The number of hydrogen-bond donors (Lipinski definition) is 3. The summed E-state index contributed by atoms with van der Waals surface area (Å²) in [6, 6.07) is 4.48. The second-order valence-corrected chi connectivity index (χ2v) is 9.66. The van der Waals surface area contributed by atoms with Crippen molar-refractivity contribution in [3.05, 3.63) is 34.9 Å². The molecule has 3 aliphatic rings. The Balaban J connectivity index is 1.18. The number of carbonyl (C=O) groups is 4. The average Bonchev–Trinajstić information content (AvgIpc) is 3.21. The van der Waals surface area contributed by atoms with Crippen LogP contribution in [0.1, 0.15) is 59.1 Å². The maximum absolute atomic E-state index is 13.3. The van der Waals surface area contributed by atoms with Crippen molar-refractivity contribution in [3.63, 3.8) is 0 Å². The summed E-state index contributed by atoms with van der Waals surface area (Å²) in [7, 11) is 0. The summed E-state index contributed by atoms with van der Waals surface area (Å²) in [5, 5.41) is 5.29. The largest absolute Gasteiger partial charge is 0.378 e. The topological polar surface area (TPSA) is 159 Å². The Bertz CT molecular complexity index is 1040. The number of rotatable bonds is 16. The van der Waals surface area contributed by atoms with E-state index in [0.717, 1.165) is 11.1 Å². The van der Waals surface area contributed by atoms with Crippen LogP contribution < -0.4 is 16.4 Å². The van der Waals surface area contributed by atoms with Gasteiger partial charge in [0.05, 0.1) is 64.8 Å². The molecule has 0 spiro atoms. The van der Waals surface area contributed by atoms with E-state index in [0.29, 0.717) is 90.8 Å². The standard InChI is InChI=1S/C27H38N4O8/c28-8-10-36-12-14-38-16-17-39-15-13-37-11-9-29-25(33)19-4-5-21-24-18(19)2-1-3-20(24)27(35)31(21)22-6-7-23(32)30-26(22)34/h1-3,19,21-22H,4-17,28H2,(H,29,33)(H,30,32,34). The van der Waals surface area contributed by atoms with Crippen LogP contribution in [0, 0.1) is 0 Å². The highest BCUT2D eigenvalue weighted by Crippen LogP contribution is 2.48. The maximum Gasteiger partial charge on any atom is 0.255 e. The third-order valence-electron chi connectivity index (χ3n) is 7.16. The molecular weight excluding hydrogens is 508 g/mol. The van der Waals surface area contributed by atoms with Gasteiger partial charge in [0.15, 0.2) is 0 Å². The number of imide groups is 1. The third kappa shape index (κ3) is 7.20. The van der Waals surface area contributed by atoms with Crippen molar-refractivity contribution in [2.75, 3.05) is 65.9 Å². The molecule has 0 radical (unpaired) electrons. The van der Waals surface area contributed by atoms with E-state index in [9.17, 15) is 19.2 Å². The molecule has 3 atom stereocenters. The van der Waals surface area contributed by atoms with Crippen molar-refractivity contribution in [3.8, 4) is 0 Å². The summed E-state index contributed by atoms with van der Waals surface area (Å²) >= 11 is 0. The van der Waals surface area contributed by atoms with E-state index >= 15 is 0 Å². The van der Waals surface area contributed by atoms with E-state index in [1.54, 1.807) is 17.0 Å². The maximum atomic E-state index is 13.3. The van der Waals surface area contributed by atoms with Gasteiger partial charge < -0.3 is 34.9 Å². The normalized spacial score (nSPS) is 22.1. The predicted molar refractivity (Wildman–Crippen MR) is 139 cm³/mol. The molecule has 39 heavy (non-hydrogen) atoms. The molecular formula is C27H38N4O8. The Labute approximate surface area is 227 Å². The van der Waals surface area contributed by atoms with Crippen LogP contribution in [0.2, 0.25) is 0 Å². The molecule has 1 fully saturated rings. The fourth-order valence-electron chi connectivity index (χ4n) is 5.42. The minimum atomic E-state index is -0.680. The van der Waals surface area contributed by atoms with Crippen molar-refractivity contribution in [1.29, 1.82) is 0 Å². The lowest BCUT2D eigenvalue weighted by Crippen LogP contribution is -2.53. The quantitative estimate of drug-likeness (QED) is 0.192. The van der Waals surface area contributed by atoms with E-state index in [4.69, 9.17) is 24.7 Å².